The third kappa shape index (κ3) is 3.78. The lowest BCUT2D eigenvalue weighted by molar-refractivity contribution is 0.0748. The fourth-order valence-electron chi connectivity index (χ4n) is 1.62. The maximum absolute atomic E-state index is 12.3. The molecule has 100 valence electrons. The van der Waals surface area contributed by atoms with Gasteiger partial charge in [-0.2, -0.15) is 0 Å². The summed E-state index contributed by atoms with van der Waals surface area (Å²) >= 11 is 10.7. The molecule has 0 saturated carbocycles. The molecule has 6 heteroatoms. The van der Waals surface area contributed by atoms with Crippen molar-refractivity contribution in [2.45, 2.75) is 13.5 Å². The molecule has 2 aromatic rings. The van der Waals surface area contributed by atoms with Crippen molar-refractivity contribution in [1.29, 1.82) is 0 Å². The predicted molar refractivity (Wildman–Crippen MR) is 81.7 cm³/mol. The summed E-state index contributed by atoms with van der Waals surface area (Å²) in [5.74, 6) is -0.0699. The molecule has 1 amide bonds. The van der Waals surface area contributed by atoms with Crippen molar-refractivity contribution >= 4 is 44.8 Å². The minimum absolute atomic E-state index is 0.0699. The largest absolute Gasteiger partial charge is 0.332 e. The number of hydrogen-bond acceptors (Lipinski definition) is 3. The molecule has 0 bridgehead atoms. The second-order valence-corrected chi connectivity index (χ2v) is 6.60. The van der Waals surface area contributed by atoms with E-state index in [1.807, 2.05) is 25.1 Å². The number of nitrogens with zero attached hydrogens (tertiary/aromatic N) is 2. The SMILES string of the molecule is CCN(Cc1ccc(Cl)s1)C(=O)c1ccc(Br)cn1. The maximum atomic E-state index is 12.3. The fraction of sp³-hybridized carbons (Fsp3) is 0.231. The van der Waals surface area contributed by atoms with Gasteiger partial charge in [0.2, 0.25) is 0 Å². The molecule has 0 saturated heterocycles. The van der Waals surface area contributed by atoms with E-state index in [1.54, 1.807) is 17.2 Å². The minimum atomic E-state index is -0.0699. The summed E-state index contributed by atoms with van der Waals surface area (Å²) < 4.78 is 1.59. The normalized spacial score (nSPS) is 10.5. The smallest absolute Gasteiger partial charge is 0.272 e. The molecule has 19 heavy (non-hydrogen) atoms. The van der Waals surface area contributed by atoms with Crippen LogP contribution in [-0.4, -0.2) is 22.3 Å². The van der Waals surface area contributed by atoms with Crippen molar-refractivity contribution in [1.82, 2.24) is 9.88 Å². The average molecular weight is 360 g/mol. The molecule has 0 aliphatic rings. The summed E-state index contributed by atoms with van der Waals surface area (Å²) in [7, 11) is 0. The first-order valence-electron chi connectivity index (χ1n) is 5.75. The third-order valence-electron chi connectivity index (χ3n) is 2.59. The van der Waals surface area contributed by atoms with Crippen LogP contribution in [0, 0.1) is 0 Å². The van der Waals surface area contributed by atoms with E-state index in [0.717, 1.165) is 13.7 Å². The topological polar surface area (TPSA) is 33.2 Å². The quantitative estimate of drug-likeness (QED) is 0.819. The lowest BCUT2D eigenvalue weighted by Crippen LogP contribution is -2.30. The molecule has 2 rings (SSSR count). The van der Waals surface area contributed by atoms with E-state index in [-0.39, 0.29) is 5.91 Å². The highest BCUT2D eigenvalue weighted by atomic mass is 79.9. The van der Waals surface area contributed by atoms with Gasteiger partial charge in [-0.3, -0.25) is 4.79 Å². The summed E-state index contributed by atoms with van der Waals surface area (Å²) in [6.45, 7) is 3.14. The molecular weight excluding hydrogens is 348 g/mol. The van der Waals surface area contributed by atoms with Gasteiger partial charge in [-0.25, -0.2) is 4.98 Å². The number of aromatic nitrogens is 1. The van der Waals surface area contributed by atoms with Gasteiger partial charge in [0.05, 0.1) is 10.9 Å². The van der Waals surface area contributed by atoms with Gasteiger partial charge in [0.15, 0.2) is 0 Å². The van der Waals surface area contributed by atoms with Gasteiger partial charge in [-0.1, -0.05) is 11.6 Å². The Bertz CT molecular complexity index is 570. The molecule has 2 heterocycles. The van der Waals surface area contributed by atoms with Gasteiger partial charge >= 0.3 is 0 Å². The Morgan fingerprint density at radius 3 is 2.74 bits per heavy atom. The Morgan fingerprint density at radius 2 is 2.21 bits per heavy atom. The third-order valence-corrected chi connectivity index (χ3v) is 4.28. The monoisotopic (exact) mass is 358 g/mol. The number of carbonyl (C=O) groups is 1. The van der Waals surface area contributed by atoms with Crippen LogP contribution in [0.4, 0.5) is 0 Å². The number of halogens is 2. The summed E-state index contributed by atoms with van der Waals surface area (Å²) in [6.07, 6.45) is 1.63. The van der Waals surface area contributed by atoms with Gasteiger partial charge in [-0.15, -0.1) is 11.3 Å². The molecule has 0 spiro atoms. The Kier molecular flexibility index (Phi) is 4.96. The van der Waals surface area contributed by atoms with E-state index in [0.29, 0.717) is 18.8 Å². The molecule has 3 nitrogen and oxygen atoms in total. The van der Waals surface area contributed by atoms with E-state index in [2.05, 4.69) is 20.9 Å². The van der Waals surface area contributed by atoms with Crippen LogP contribution in [0.3, 0.4) is 0 Å². The standard InChI is InChI=1S/C13H12BrClN2OS/c1-2-17(8-10-4-6-12(15)19-10)13(18)11-5-3-9(14)7-16-11/h3-7H,2,8H2,1H3. The van der Waals surface area contributed by atoms with Crippen molar-refractivity contribution in [3.05, 3.63) is 49.8 Å². The van der Waals surface area contributed by atoms with Crippen LogP contribution in [-0.2, 0) is 6.54 Å². The summed E-state index contributed by atoms with van der Waals surface area (Å²) in [6, 6.07) is 7.32. The van der Waals surface area contributed by atoms with Crippen LogP contribution in [0.5, 0.6) is 0 Å². The first-order chi connectivity index (χ1) is 9.10. The number of hydrogen-bond donors (Lipinski definition) is 0. The molecule has 0 atom stereocenters. The fourth-order valence-corrected chi connectivity index (χ4v) is 2.95. The summed E-state index contributed by atoms with van der Waals surface area (Å²) in [5.41, 5.74) is 0.452. The summed E-state index contributed by atoms with van der Waals surface area (Å²) in [5, 5.41) is 0. The van der Waals surface area contributed by atoms with Crippen molar-refractivity contribution in [2.75, 3.05) is 6.54 Å². The second kappa shape index (κ2) is 6.50. The Balaban J connectivity index is 2.12. The van der Waals surface area contributed by atoms with Crippen LogP contribution in [0.25, 0.3) is 0 Å². The zero-order valence-electron chi connectivity index (χ0n) is 10.3. The number of pyridine rings is 1. The molecule has 0 fully saturated rings. The lowest BCUT2D eigenvalue weighted by Gasteiger charge is -2.19. The zero-order valence-corrected chi connectivity index (χ0v) is 13.4. The number of thiophene rings is 1. The Hall–Kier alpha value is -0.910. The van der Waals surface area contributed by atoms with Gasteiger partial charge in [0.25, 0.3) is 5.91 Å². The molecule has 0 aromatic carbocycles. The van der Waals surface area contributed by atoms with Crippen LogP contribution in [0.15, 0.2) is 34.9 Å². The van der Waals surface area contributed by atoms with Crippen molar-refractivity contribution < 1.29 is 4.79 Å². The zero-order chi connectivity index (χ0) is 13.8. The van der Waals surface area contributed by atoms with Crippen LogP contribution >= 0.6 is 38.9 Å². The van der Waals surface area contributed by atoms with E-state index in [1.165, 1.54) is 11.3 Å². The number of carbonyl (C=O) groups excluding carboxylic acids is 1. The van der Waals surface area contributed by atoms with Crippen molar-refractivity contribution in [3.8, 4) is 0 Å². The molecule has 0 aliphatic heterocycles. The molecule has 0 aliphatic carbocycles. The Labute approximate surface area is 129 Å². The van der Waals surface area contributed by atoms with Crippen molar-refractivity contribution in [3.63, 3.8) is 0 Å². The predicted octanol–water partition coefficient (Wildman–Crippen LogP) is 4.22. The first kappa shape index (κ1) is 14.5. The molecule has 2 aromatic heterocycles. The lowest BCUT2D eigenvalue weighted by atomic mass is 10.3. The van der Waals surface area contributed by atoms with Gasteiger partial charge in [0.1, 0.15) is 5.69 Å². The molecule has 0 unspecified atom stereocenters. The number of rotatable bonds is 4. The van der Waals surface area contributed by atoms with E-state index < -0.39 is 0 Å². The molecular formula is C13H12BrClN2OS. The summed E-state index contributed by atoms with van der Waals surface area (Å²) in [4.78, 5) is 19.3. The molecule has 0 radical (unpaired) electrons. The van der Waals surface area contributed by atoms with Crippen molar-refractivity contribution in [2.24, 2.45) is 0 Å². The second-order valence-electron chi connectivity index (χ2n) is 3.89. The van der Waals surface area contributed by atoms with Crippen LogP contribution < -0.4 is 0 Å². The highest BCUT2D eigenvalue weighted by Gasteiger charge is 2.16. The highest BCUT2D eigenvalue weighted by molar-refractivity contribution is 9.10. The van der Waals surface area contributed by atoms with E-state index in [9.17, 15) is 4.79 Å². The van der Waals surface area contributed by atoms with Crippen LogP contribution in [0.2, 0.25) is 4.34 Å². The van der Waals surface area contributed by atoms with Gasteiger partial charge < -0.3 is 4.90 Å². The first-order valence-corrected chi connectivity index (χ1v) is 7.74. The maximum Gasteiger partial charge on any atom is 0.272 e. The van der Waals surface area contributed by atoms with Gasteiger partial charge in [0, 0.05) is 22.1 Å². The highest BCUT2D eigenvalue weighted by Crippen LogP contribution is 2.23. The van der Waals surface area contributed by atoms with E-state index >= 15 is 0 Å². The number of amides is 1. The molecule has 0 N–H and O–H groups in total. The Morgan fingerprint density at radius 1 is 1.42 bits per heavy atom. The average Bonchev–Trinajstić information content (AvgIpc) is 2.81. The minimum Gasteiger partial charge on any atom is -0.332 e. The van der Waals surface area contributed by atoms with Gasteiger partial charge in [-0.05, 0) is 47.1 Å². The van der Waals surface area contributed by atoms with E-state index in [4.69, 9.17) is 11.6 Å². The van der Waals surface area contributed by atoms with Crippen LogP contribution in [0.1, 0.15) is 22.3 Å².